The van der Waals surface area contributed by atoms with Crippen molar-refractivity contribution in [3.05, 3.63) is 59.7 Å². The number of imide groups is 1. The Morgan fingerprint density at radius 1 is 1.06 bits per heavy atom. The minimum Gasteiger partial charge on any atom is -0.342 e. The summed E-state index contributed by atoms with van der Waals surface area (Å²) in [4.78, 5) is 53.2. The zero-order valence-electron chi connectivity index (χ0n) is 18.8. The Bertz CT molecular complexity index is 1100. The molecule has 2 saturated heterocycles. The summed E-state index contributed by atoms with van der Waals surface area (Å²) >= 11 is 0. The van der Waals surface area contributed by atoms with Gasteiger partial charge in [0.25, 0.3) is 0 Å². The number of amides is 5. The maximum atomic E-state index is 13.3. The van der Waals surface area contributed by atoms with E-state index in [1.807, 2.05) is 30.3 Å². The summed E-state index contributed by atoms with van der Waals surface area (Å²) in [6, 6.07) is 13.9. The molecule has 2 fully saturated rings. The number of rotatable bonds is 4. The van der Waals surface area contributed by atoms with Crippen molar-refractivity contribution in [3.63, 3.8) is 0 Å². The third-order valence-electron chi connectivity index (χ3n) is 6.33. The van der Waals surface area contributed by atoms with E-state index in [0.717, 1.165) is 22.3 Å². The fourth-order valence-electron chi connectivity index (χ4n) is 4.48. The Kier molecular flexibility index (Phi) is 6.44. The van der Waals surface area contributed by atoms with Crippen LogP contribution in [-0.2, 0) is 20.8 Å². The molecule has 5 amide bonds. The molecule has 0 saturated carbocycles. The smallest absolute Gasteiger partial charge is 0.322 e. The molecule has 0 bridgehead atoms. The SMILES string of the molecule is Cc1ccccc1-c1cccc(C[C@@H]2C(=O)N(C)CCN2C(=O)[C@@H]2CCC(=O)NC(=O)N2)c1. The molecule has 2 aromatic carbocycles. The normalized spacial score (nSPS) is 21.3. The molecule has 0 spiro atoms. The Morgan fingerprint density at radius 2 is 1.85 bits per heavy atom. The zero-order valence-corrected chi connectivity index (χ0v) is 18.8. The van der Waals surface area contributed by atoms with Crippen molar-refractivity contribution in [1.29, 1.82) is 0 Å². The standard InChI is InChI=1S/C25H28N4O4/c1-16-6-3-4-9-19(16)18-8-5-7-17(14-18)15-21-24(32)28(2)12-13-29(21)23(31)20-10-11-22(30)27-25(33)26-20/h3-9,14,20-21H,10-13,15H2,1-2H3,(H2,26,27,30,33)/t20-,21+/m0/s1. The maximum Gasteiger partial charge on any atom is 0.322 e. The fourth-order valence-corrected chi connectivity index (χ4v) is 4.48. The van der Waals surface area contributed by atoms with Gasteiger partial charge in [-0.25, -0.2) is 4.79 Å². The highest BCUT2D eigenvalue weighted by atomic mass is 16.2. The molecule has 2 aliphatic rings. The first-order chi connectivity index (χ1) is 15.8. The van der Waals surface area contributed by atoms with E-state index in [9.17, 15) is 19.2 Å². The van der Waals surface area contributed by atoms with Crippen LogP contribution in [0.4, 0.5) is 4.79 Å². The Labute approximate surface area is 192 Å². The molecule has 2 N–H and O–H groups in total. The summed E-state index contributed by atoms with van der Waals surface area (Å²) in [5.41, 5.74) is 4.29. The fraction of sp³-hybridized carbons (Fsp3) is 0.360. The van der Waals surface area contributed by atoms with Gasteiger partial charge in [0.1, 0.15) is 12.1 Å². The van der Waals surface area contributed by atoms with Crippen LogP contribution in [0.2, 0.25) is 0 Å². The molecule has 8 nitrogen and oxygen atoms in total. The van der Waals surface area contributed by atoms with Gasteiger partial charge in [0.15, 0.2) is 0 Å². The van der Waals surface area contributed by atoms with Gasteiger partial charge in [-0.1, -0.05) is 48.5 Å². The molecule has 2 atom stereocenters. The predicted octanol–water partition coefficient (Wildman–Crippen LogP) is 1.86. The van der Waals surface area contributed by atoms with E-state index in [-0.39, 0.29) is 24.7 Å². The molecule has 2 aromatic rings. The van der Waals surface area contributed by atoms with Gasteiger partial charge in [-0.15, -0.1) is 0 Å². The molecule has 0 unspecified atom stereocenters. The van der Waals surface area contributed by atoms with E-state index in [1.54, 1.807) is 16.8 Å². The van der Waals surface area contributed by atoms with Crippen molar-refractivity contribution in [2.75, 3.05) is 20.1 Å². The van der Waals surface area contributed by atoms with Crippen LogP contribution < -0.4 is 10.6 Å². The van der Waals surface area contributed by atoms with Crippen molar-refractivity contribution in [2.24, 2.45) is 0 Å². The van der Waals surface area contributed by atoms with Gasteiger partial charge in [-0.2, -0.15) is 0 Å². The van der Waals surface area contributed by atoms with Gasteiger partial charge in [-0.05, 0) is 35.6 Å². The van der Waals surface area contributed by atoms with E-state index < -0.39 is 24.0 Å². The van der Waals surface area contributed by atoms with Crippen LogP contribution in [0.5, 0.6) is 0 Å². The summed E-state index contributed by atoms with van der Waals surface area (Å²) in [5, 5.41) is 4.75. The average molecular weight is 449 g/mol. The van der Waals surface area contributed by atoms with Gasteiger partial charge < -0.3 is 15.1 Å². The first kappa shape index (κ1) is 22.5. The monoisotopic (exact) mass is 448 g/mol. The number of piperazine rings is 1. The van der Waals surface area contributed by atoms with Gasteiger partial charge in [0.2, 0.25) is 17.7 Å². The van der Waals surface area contributed by atoms with Crippen LogP contribution in [0, 0.1) is 6.92 Å². The first-order valence-corrected chi connectivity index (χ1v) is 11.1. The van der Waals surface area contributed by atoms with Gasteiger partial charge in [0.05, 0.1) is 0 Å². The number of nitrogens with one attached hydrogen (secondary N) is 2. The van der Waals surface area contributed by atoms with Crippen molar-refractivity contribution in [2.45, 2.75) is 38.3 Å². The average Bonchev–Trinajstić information content (AvgIpc) is 2.97. The largest absolute Gasteiger partial charge is 0.342 e. The number of aryl methyl sites for hydroxylation is 1. The van der Waals surface area contributed by atoms with E-state index in [4.69, 9.17) is 0 Å². The second kappa shape index (κ2) is 9.44. The number of hydrogen-bond donors (Lipinski definition) is 2. The molecule has 172 valence electrons. The molecular formula is C25H28N4O4. The van der Waals surface area contributed by atoms with Crippen LogP contribution >= 0.6 is 0 Å². The Hall–Kier alpha value is -3.68. The highest BCUT2D eigenvalue weighted by Crippen LogP contribution is 2.26. The lowest BCUT2D eigenvalue weighted by Crippen LogP contribution is -2.62. The second-order valence-electron chi connectivity index (χ2n) is 8.64. The van der Waals surface area contributed by atoms with Crippen molar-refractivity contribution < 1.29 is 19.2 Å². The number of hydrogen-bond acceptors (Lipinski definition) is 4. The van der Waals surface area contributed by atoms with E-state index in [0.29, 0.717) is 19.5 Å². The summed E-state index contributed by atoms with van der Waals surface area (Å²) < 4.78 is 0. The van der Waals surface area contributed by atoms with Crippen LogP contribution in [0.3, 0.4) is 0 Å². The van der Waals surface area contributed by atoms with Crippen molar-refractivity contribution in [1.82, 2.24) is 20.4 Å². The Balaban J connectivity index is 1.59. The van der Waals surface area contributed by atoms with Crippen molar-refractivity contribution in [3.8, 4) is 11.1 Å². The van der Waals surface area contributed by atoms with Crippen LogP contribution in [0.25, 0.3) is 11.1 Å². The number of urea groups is 1. The number of carbonyl (C=O) groups excluding carboxylic acids is 4. The number of benzene rings is 2. The third kappa shape index (κ3) is 4.89. The minimum absolute atomic E-state index is 0.0694. The van der Waals surface area contributed by atoms with E-state index in [2.05, 4.69) is 35.8 Å². The van der Waals surface area contributed by atoms with Gasteiger partial charge in [0, 0.05) is 33.0 Å². The molecular weight excluding hydrogens is 420 g/mol. The number of carbonyl (C=O) groups is 4. The lowest BCUT2D eigenvalue weighted by Gasteiger charge is -2.40. The number of likely N-dealkylation sites (N-methyl/N-ethyl adjacent to an activating group) is 1. The summed E-state index contributed by atoms with van der Waals surface area (Å²) in [6.45, 7) is 2.85. The molecule has 0 aliphatic carbocycles. The molecule has 33 heavy (non-hydrogen) atoms. The van der Waals surface area contributed by atoms with Crippen LogP contribution in [-0.4, -0.2) is 65.8 Å². The molecule has 4 rings (SSSR count). The van der Waals surface area contributed by atoms with Gasteiger partial charge >= 0.3 is 6.03 Å². The third-order valence-corrected chi connectivity index (χ3v) is 6.33. The quantitative estimate of drug-likeness (QED) is 0.746. The zero-order chi connectivity index (χ0) is 23.5. The maximum absolute atomic E-state index is 13.3. The second-order valence-corrected chi connectivity index (χ2v) is 8.64. The first-order valence-electron chi connectivity index (χ1n) is 11.1. The molecule has 8 heteroatoms. The lowest BCUT2D eigenvalue weighted by atomic mass is 9.95. The molecule has 0 aromatic heterocycles. The minimum atomic E-state index is -0.839. The summed E-state index contributed by atoms with van der Waals surface area (Å²) in [6.07, 6.45) is 0.638. The molecule has 2 heterocycles. The topological polar surface area (TPSA) is 98.8 Å². The summed E-state index contributed by atoms with van der Waals surface area (Å²) in [5.74, 6) is -0.881. The van der Waals surface area contributed by atoms with Crippen molar-refractivity contribution >= 4 is 23.8 Å². The highest BCUT2D eigenvalue weighted by molar-refractivity contribution is 5.99. The number of nitrogens with zero attached hydrogens (tertiary/aromatic N) is 2. The van der Waals surface area contributed by atoms with Crippen LogP contribution in [0.1, 0.15) is 24.0 Å². The molecule has 2 aliphatic heterocycles. The highest BCUT2D eigenvalue weighted by Gasteiger charge is 2.39. The summed E-state index contributed by atoms with van der Waals surface area (Å²) in [7, 11) is 1.73. The Morgan fingerprint density at radius 3 is 2.64 bits per heavy atom. The van der Waals surface area contributed by atoms with E-state index >= 15 is 0 Å². The molecule has 0 radical (unpaired) electrons. The van der Waals surface area contributed by atoms with Crippen LogP contribution in [0.15, 0.2) is 48.5 Å². The lowest BCUT2D eigenvalue weighted by molar-refractivity contribution is -0.151. The van der Waals surface area contributed by atoms with E-state index in [1.165, 1.54) is 0 Å². The van der Waals surface area contributed by atoms with Gasteiger partial charge in [-0.3, -0.25) is 19.7 Å². The predicted molar refractivity (Wildman–Crippen MR) is 123 cm³/mol.